The van der Waals surface area contributed by atoms with E-state index in [4.69, 9.17) is 10.2 Å². The molecule has 0 unspecified atom stereocenters. The molecule has 0 aliphatic rings. The second kappa shape index (κ2) is 9.12. The average molecular weight is 385 g/mol. The largest absolute Gasteiger partial charge is 1.00 e. The first-order valence-corrected chi connectivity index (χ1v) is 8.19. The Hall–Kier alpha value is -2.96. The molecule has 0 aliphatic carbocycles. The molecule has 140 valence electrons. The topological polar surface area (TPSA) is 97.7 Å². The number of aryl methyl sites for hydroxylation is 1. The molecule has 0 aliphatic heterocycles. The number of hydrogen-bond donors (Lipinski definition) is 2. The first kappa shape index (κ1) is 20.4. The van der Waals surface area contributed by atoms with Gasteiger partial charge in [0.25, 0.3) is 5.91 Å². The normalized spacial score (nSPS) is 11.9. The Morgan fingerprint density at radius 2 is 2.00 bits per heavy atom. The molecule has 0 radical (unpaired) electrons. The minimum absolute atomic E-state index is 0. The van der Waals surface area contributed by atoms with Crippen molar-refractivity contribution in [3.05, 3.63) is 81.7 Å². The molecule has 1 amide bonds. The van der Waals surface area contributed by atoms with Crippen molar-refractivity contribution in [3.8, 4) is 0 Å². The fraction of sp³-hybridized carbons (Fsp3) is 0.150. The van der Waals surface area contributed by atoms with Crippen molar-refractivity contribution in [2.45, 2.75) is 19.4 Å². The highest BCUT2D eigenvalue weighted by atomic mass is 35.5. The van der Waals surface area contributed by atoms with E-state index in [1.54, 1.807) is 12.1 Å². The van der Waals surface area contributed by atoms with Crippen molar-refractivity contribution in [2.24, 2.45) is 10.8 Å². The number of benzene rings is 2. The Morgan fingerprint density at radius 1 is 1.26 bits per heavy atom. The van der Waals surface area contributed by atoms with Gasteiger partial charge in [0.05, 0.1) is 23.2 Å². The highest BCUT2D eigenvalue weighted by Crippen LogP contribution is 2.12. The van der Waals surface area contributed by atoms with Gasteiger partial charge >= 0.3 is 0 Å². The van der Waals surface area contributed by atoms with Crippen molar-refractivity contribution >= 4 is 23.1 Å². The minimum Gasteiger partial charge on any atom is -1.00 e. The summed E-state index contributed by atoms with van der Waals surface area (Å²) in [6.45, 7) is 1.90. The third kappa shape index (κ3) is 5.03. The molecule has 6 nitrogen and oxygen atoms in total. The van der Waals surface area contributed by atoms with Gasteiger partial charge in [-0.3, -0.25) is 9.59 Å². The lowest BCUT2D eigenvalue weighted by Gasteiger charge is -2.09. The lowest BCUT2D eigenvalue weighted by atomic mass is 10.1. The van der Waals surface area contributed by atoms with Crippen LogP contribution in [0.25, 0.3) is 11.0 Å². The molecule has 1 aromatic heterocycles. The third-order valence-corrected chi connectivity index (χ3v) is 3.97. The standard InChI is InChI=1S/C20H19N3O3.ClH/c1-13-7-8-18-16(9-13)19(24)15(12-26-18)11-22-23-20(25)17(21)10-14-5-3-2-4-6-14;/h2-9,11-12,17H,10,21H2,1H3,(H,23,25);1H/p-1/t17-;/m0./s1. The van der Waals surface area contributed by atoms with Gasteiger partial charge in [0.2, 0.25) is 5.43 Å². The zero-order chi connectivity index (χ0) is 18.5. The molecule has 0 saturated heterocycles. The Kier molecular flexibility index (Phi) is 6.87. The predicted molar refractivity (Wildman–Crippen MR) is 101 cm³/mol. The summed E-state index contributed by atoms with van der Waals surface area (Å²) in [7, 11) is 0. The number of fused-ring (bicyclic) bond motifs is 1. The number of carbonyl (C=O) groups excluding carboxylic acids is 1. The number of carbonyl (C=O) groups is 1. The molecule has 0 fully saturated rings. The maximum atomic E-state index is 12.4. The van der Waals surface area contributed by atoms with E-state index >= 15 is 0 Å². The molecule has 27 heavy (non-hydrogen) atoms. The lowest BCUT2D eigenvalue weighted by molar-refractivity contribution is -0.122. The van der Waals surface area contributed by atoms with E-state index in [1.807, 2.05) is 43.3 Å². The molecule has 1 atom stereocenters. The highest BCUT2D eigenvalue weighted by molar-refractivity contribution is 5.88. The SMILES string of the molecule is Cc1ccc2occ(C=NNC(=O)[C@@H](N)Cc3ccccc3)c(=O)c2c1.[Cl-]. The quantitative estimate of drug-likeness (QED) is 0.441. The Morgan fingerprint density at radius 3 is 2.74 bits per heavy atom. The molecule has 3 N–H and O–H groups in total. The average Bonchev–Trinajstić information content (AvgIpc) is 2.64. The molecule has 0 bridgehead atoms. The summed E-state index contributed by atoms with van der Waals surface area (Å²) >= 11 is 0. The molecule has 3 rings (SSSR count). The number of nitrogens with one attached hydrogen (secondary N) is 1. The maximum Gasteiger partial charge on any atom is 0.257 e. The smallest absolute Gasteiger partial charge is 0.257 e. The Balaban J connectivity index is 0.00000261. The van der Waals surface area contributed by atoms with E-state index in [0.717, 1.165) is 11.1 Å². The van der Waals surface area contributed by atoms with Crippen molar-refractivity contribution in [1.82, 2.24) is 5.43 Å². The fourth-order valence-electron chi connectivity index (χ4n) is 2.56. The van der Waals surface area contributed by atoms with Crippen molar-refractivity contribution < 1.29 is 21.6 Å². The van der Waals surface area contributed by atoms with Crippen LogP contribution in [-0.4, -0.2) is 18.2 Å². The third-order valence-electron chi connectivity index (χ3n) is 3.97. The van der Waals surface area contributed by atoms with Gasteiger partial charge in [0.15, 0.2) is 0 Å². The van der Waals surface area contributed by atoms with Crippen LogP contribution in [0.2, 0.25) is 0 Å². The number of hydrazone groups is 1. The number of hydrogen-bond acceptors (Lipinski definition) is 5. The van der Waals surface area contributed by atoms with Gasteiger partial charge in [0.1, 0.15) is 11.8 Å². The van der Waals surface area contributed by atoms with Crippen LogP contribution in [0.3, 0.4) is 0 Å². The summed E-state index contributed by atoms with van der Waals surface area (Å²) < 4.78 is 5.43. The number of nitrogens with zero attached hydrogens (tertiary/aromatic N) is 1. The van der Waals surface area contributed by atoms with Crippen LogP contribution in [0.1, 0.15) is 16.7 Å². The highest BCUT2D eigenvalue weighted by Gasteiger charge is 2.13. The van der Waals surface area contributed by atoms with Crippen LogP contribution in [0, 0.1) is 6.92 Å². The van der Waals surface area contributed by atoms with E-state index in [2.05, 4.69) is 10.5 Å². The van der Waals surface area contributed by atoms with Crippen molar-refractivity contribution in [3.63, 3.8) is 0 Å². The van der Waals surface area contributed by atoms with Gasteiger partial charge in [-0.2, -0.15) is 5.10 Å². The number of amides is 1. The first-order valence-electron chi connectivity index (χ1n) is 8.19. The molecule has 0 spiro atoms. The van der Waals surface area contributed by atoms with E-state index in [0.29, 0.717) is 17.4 Å². The van der Waals surface area contributed by atoms with E-state index in [-0.39, 0.29) is 23.4 Å². The zero-order valence-electron chi connectivity index (χ0n) is 14.7. The molecular formula is C20H19ClN3O3-. The molecule has 2 aromatic carbocycles. The Bertz CT molecular complexity index is 1020. The predicted octanol–water partition coefficient (Wildman–Crippen LogP) is -0.874. The van der Waals surface area contributed by atoms with Gasteiger partial charge in [-0.25, -0.2) is 5.43 Å². The monoisotopic (exact) mass is 384 g/mol. The first-order chi connectivity index (χ1) is 12.5. The number of halogens is 1. The second-order valence-corrected chi connectivity index (χ2v) is 6.05. The maximum absolute atomic E-state index is 12.4. The van der Waals surface area contributed by atoms with Crippen LogP contribution in [0.5, 0.6) is 0 Å². The summed E-state index contributed by atoms with van der Waals surface area (Å²) in [5.41, 5.74) is 10.7. The number of nitrogens with two attached hydrogens (primary N) is 1. The van der Waals surface area contributed by atoms with Gasteiger partial charge in [-0.1, -0.05) is 42.0 Å². The summed E-state index contributed by atoms with van der Waals surface area (Å²) in [6, 6.07) is 14.1. The fourth-order valence-corrected chi connectivity index (χ4v) is 2.56. The summed E-state index contributed by atoms with van der Waals surface area (Å²) in [4.78, 5) is 24.5. The van der Waals surface area contributed by atoms with E-state index < -0.39 is 11.9 Å². The van der Waals surface area contributed by atoms with Gasteiger partial charge in [0, 0.05) is 0 Å². The Labute approximate surface area is 162 Å². The molecule has 0 saturated carbocycles. The summed E-state index contributed by atoms with van der Waals surface area (Å²) in [5, 5.41) is 4.30. The van der Waals surface area contributed by atoms with E-state index in [9.17, 15) is 9.59 Å². The van der Waals surface area contributed by atoms with Crippen LogP contribution in [0.4, 0.5) is 0 Å². The second-order valence-electron chi connectivity index (χ2n) is 6.05. The van der Waals surface area contributed by atoms with Gasteiger partial charge < -0.3 is 22.6 Å². The molecule has 3 aromatic rings. The number of rotatable bonds is 5. The van der Waals surface area contributed by atoms with Crippen molar-refractivity contribution in [1.29, 1.82) is 0 Å². The van der Waals surface area contributed by atoms with Gasteiger partial charge in [-0.15, -0.1) is 0 Å². The van der Waals surface area contributed by atoms with Crippen molar-refractivity contribution in [2.75, 3.05) is 0 Å². The van der Waals surface area contributed by atoms with Gasteiger partial charge in [-0.05, 0) is 31.0 Å². The molecule has 1 heterocycles. The molecule has 7 heteroatoms. The van der Waals surface area contributed by atoms with Crippen LogP contribution in [0.15, 0.2) is 69.1 Å². The summed E-state index contributed by atoms with van der Waals surface area (Å²) in [5.74, 6) is -0.425. The van der Waals surface area contributed by atoms with Crippen LogP contribution >= 0.6 is 0 Å². The lowest BCUT2D eigenvalue weighted by Crippen LogP contribution is -3.00. The zero-order valence-corrected chi connectivity index (χ0v) is 15.4. The van der Waals surface area contributed by atoms with Crippen LogP contribution in [-0.2, 0) is 11.2 Å². The molecular weight excluding hydrogens is 366 g/mol. The van der Waals surface area contributed by atoms with E-state index in [1.165, 1.54) is 12.5 Å². The van der Waals surface area contributed by atoms with Crippen LogP contribution < -0.4 is 29.0 Å². The minimum atomic E-state index is -0.731. The summed E-state index contributed by atoms with van der Waals surface area (Å²) in [6.07, 6.45) is 2.99.